The van der Waals surface area contributed by atoms with E-state index in [9.17, 15) is 13.6 Å². The number of carbonyl (C=O) groups is 1. The van der Waals surface area contributed by atoms with E-state index in [1.807, 2.05) is 19.9 Å². The highest BCUT2D eigenvalue weighted by Gasteiger charge is 2.45. The number of hydrogen-bond acceptors (Lipinski definition) is 3. The van der Waals surface area contributed by atoms with Gasteiger partial charge in [0.15, 0.2) is 5.82 Å². The van der Waals surface area contributed by atoms with Crippen LogP contribution >= 0.6 is 0 Å². The summed E-state index contributed by atoms with van der Waals surface area (Å²) in [5, 5.41) is 6.89. The third kappa shape index (κ3) is 3.29. The van der Waals surface area contributed by atoms with E-state index in [1.54, 1.807) is 16.8 Å². The number of nitrogens with zero attached hydrogens (tertiary/aromatic N) is 3. The first-order valence-corrected chi connectivity index (χ1v) is 8.05. The monoisotopic (exact) mass is 334 g/mol. The number of anilines is 1. The van der Waals surface area contributed by atoms with Crippen LogP contribution in [0, 0.1) is 19.8 Å². The Kier molecular flexibility index (Phi) is 4.34. The van der Waals surface area contributed by atoms with E-state index < -0.39 is 17.7 Å². The zero-order valence-corrected chi connectivity index (χ0v) is 13.7. The number of alkyl halides is 2. The summed E-state index contributed by atoms with van der Waals surface area (Å²) in [5.74, 6) is -4.22. The number of amides is 1. The highest BCUT2D eigenvalue weighted by Crippen LogP contribution is 2.38. The molecule has 1 atom stereocenters. The van der Waals surface area contributed by atoms with Crippen molar-refractivity contribution in [2.45, 2.75) is 45.5 Å². The lowest BCUT2D eigenvalue weighted by Gasteiger charge is -2.30. The second kappa shape index (κ2) is 6.30. The van der Waals surface area contributed by atoms with Crippen LogP contribution in [0.25, 0.3) is 5.82 Å². The first-order valence-electron chi connectivity index (χ1n) is 8.05. The van der Waals surface area contributed by atoms with Crippen molar-refractivity contribution < 1.29 is 13.6 Å². The van der Waals surface area contributed by atoms with Crippen molar-refractivity contribution in [1.29, 1.82) is 0 Å². The van der Waals surface area contributed by atoms with E-state index in [1.165, 1.54) is 6.20 Å². The maximum absolute atomic E-state index is 13.9. The molecule has 3 rings (SSSR count). The van der Waals surface area contributed by atoms with Crippen molar-refractivity contribution in [3.8, 4) is 5.82 Å². The number of hydrogen-bond donors (Lipinski definition) is 1. The van der Waals surface area contributed by atoms with Crippen LogP contribution in [-0.4, -0.2) is 26.6 Å². The minimum absolute atomic E-state index is 0.218. The van der Waals surface area contributed by atoms with Gasteiger partial charge in [0.05, 0.1) is 17.6 Å². The maximum Gasteiger partial charge on any atom is 0.259 e. The summed E-state index contributed by atoms with van der Waals surface area (Å²) in [7, 11) is 0. The van der Waals surface area contributed by atoms with Crippen LogP contribution < -0.4 is 5.32 Å². The van der Waals surface area contributed by atoms with Gasteiger partial charge in [-0.25, -0.2) is 18.4 Å². The number of aromatic nitrogens is 3. The van der Waals surface area contributed by atoms with Crippen LogP contribution in [0.5, 0.6) is 0 Å². The summed E-state index contributed by atoms with van der Waals surface area (Å²) in [6.45, 7) is 3.81. The molecule has 0 aromatic carbocycles. The molecule has 1 N–H and O–H groups in total. The second-order valence-electron chi connectivity index (χ2n) is 6.29. The molecule has 2 aromatic rings. The summed E-state index contributed by atoms with van der Waals surface area (Å²) in [5.41, 5.74) is 2.23. The maximum atomic E-state index is 13.9. The quantitative estimate of drug-likeness (QED) is 0.932. The lowest BCUT2D eigenvalue weighted by atomic mass is 9.85. The first-order chi connectivity index (χ1) is 11.4. The molecule has 1 aliphatic carbocycles. The van der Waals surface area contributed by atoms with Crippen molar-refractivity contribution in [1.82, 2.24) is 14.8 Å². The first kappa shape index (κ1) is 16.5. The van der Waals surface area contributed by atoms with Gasteiger partial charge >= 0.3 is 0 Å². The van der Waals surface area contributed by atoms with Gasteiger partial charge in [-0.1, -0.05) is 6.42 Å². The van der Waals surface area contributed by atoms with Gasteiger partial charge in [-0.2, -0.15) is 5.10 Å². The number of aryl methyl sites for hydroxylation is 2. The lowest BCUT2D eigenvalue weighted by Crippen LogP contribution is -2.40. The van der Waals surface area contributed by atoms with Crippen molar-refractivity contribution >= 4 is 11.6 Å². The van der Waals surface area contributed by atoms with Crippen molar-refractivity contribution in [3.63, 3.8) is 0 Å². The Balaban J connectivity index is 1.72. The zero-order valence-electron chi connectivity index (χ0n) is 13.7. The average Bonchev–Trinajstić information content (AvgIpc) is 2.86. The lowest BCUT2D eigenvalue weighted by molar-refractivity contribution is -0.140. The Labute approximate surface area is 139 Å². The van der Waals surface area contributed by atoms with Crippen LogP contribution in [0.2, 0.25) is 0 Å². The Morgan fingerprint density at radius 1 is 1.33 bits per heavy atom. The molecule has 1 unspecified atom stereocenters. The Bertz CT molecular complexity index is 740. The molecule has 1 amide bonds. The van der Waals surface area contributed by atoms with E-state index in [2.05, 4.69) is 15.4 Å². The molecule has 0 aliphatic heterocycles. The molecular weight excluding hydrogens is 314 g/mol. The second-order valence-corrected chi connectivity index (χ2v) is 6.29. The summed E-state index contributed by atoms with van der Waals surface area (Å²) in [4.78, 5) is 16.4. The van der Waals surface area contributed by atoms with Crippen LogP contribution in [0.4, 0.5) is 14.5 Å². The summed E-state index contributed by atoms with van der Waals surface area (Å²) >= 11 is 0. The molecular formula is C17H20F2N4O. The van der Waals surface area contributed by atoms with E-state index >= 15 is 0 Å². The zero-order chi connectivity index (χ0) is 17.3. The molecule has 1 saturated carbocycles. The number of pyridine rings is 1. The molecule has 5 nitrogen and oxygen atoms in total. The van der Waals surface area contributed by atoms with Crippen LogP contribution in [0.3, 0.4) is 0 Å². The standard InChI is InChI=1S/C17H20F2N4O/c1-11-9-12(2)23(22-11)15-7-6-13(10-20-15)21-16(24)14-5-3-4-8-17(14,18)19/h6-7,9-10,14H,3-5,8H2,1-2H3,(H,21,24). The minimum atomic E-state index is -2.93. The Morgan fingerprint density at radius 2 is 2.12 bits per heavy atom. The third-order valence-electron chi connectivity index (χ3n) is 4.32. The smallest absolute Gasteiger partial charge is 0.259 e. The largest absolute Gasteiger partial charge is 0.324 e. The normalized spacial score (nSPS) is 19.9. The molecule has 2 aromatic heterocycles. The summed E-state index contributed by atoms with van der Waals surface area (Å²) < 4.78 is 29.4. The van der Waals surface area contributed by atoms with Crippen molar-refractivity contribution in [2.75, 3.05) is 5.32 Å². The predicted octanol–water partition coefficient (Wildman–Crippen LogP) is 3.65. The van der Waals surface area contributed by atoms with E-state index in [-0.39, 0.29) is 12.8 Å². The van der Waals surface area contributed by atoms with E-state index in [4.69, 9.17) is 0 Å². The third-order valence-corrected chi connectivity index (χ3v) is 4.32. The topological polar surface area (TPSA) is 59.8 Å². The van der Waals surface area contributed by atoms with Crippen LogP contribution in [0.1, 0.15) is 37.1 Å². The SMILES string of the molecule is Cc1cc(C)n(-c2ccc(NC(=O)C3CCCCC3(F)F)cn2)n1. The predicted molar refractivity (Wildman–Crippen MR) is 86.4 cm³/mol. The van der Waals surface area contributed by atoms with Gasteiger partial charge in [0.2, 0.25) is 5.91 Å². The molecule has 0 bridgehead atoms. The van der Waals surface area contributed by atoms with Gasteiger partial charge in [-0.05, 0) is 44.9 Å². The van der Waals surface area contributed by atoms with Gasteiger partial charge in [0.25, 0.3) is 5.92 Å². The average molecular weight is 334 g/mol. The fourth-order valence-electron chi connectivity index (χ4n) is 3.09. The molecule has 0 radical (unpaired) electrons. The minimum Gasteiger partial charge on any atom is -0.324 e. The number of nitrogens with one attached hydrogen (secondary N) is 1. The van der Waals surface area contributed by atoms with E-state index in [0.29, 0.717) is 24.3 Å². The van der Waals surface area contributed by atoms with E-state index in [0.717, 1.165) is 11.4 Å². The van der Waals surface area contributed by atoms with Gasteiger partial charge < -0.3 is 5.32 Å². The number of carbonyl (C=O) groups excluding carboxylic acids is 1. The molecule has 2 heterocycles. The van der Waals surface area contributed by atoms with Crippen molar-refractivity contribution in [3.05, 3.63) is 35.8 Å². The Morgan fingerprint density at radius 3 is 2.71 bits per heavy atom. The molecule has 0 spiro atoms. The highest BCUT2D eigenvalue weighted by molar-refractivity contribution is 5.93. The number of halogens is 2. The van der Waals surface area contributed by atoms with Crippen LogP contribution in [-0.2, 0) is 4.79 Å². The molecule has 1 fully saturated rings. The van der Waals surface area contributed by atoms with Crippen LogP contribution in [0.15, 0.2) is 24.4 Å². The molecule has 24 heavy (non-hydrogen) atoms. The fraction of sp³-hybridized carbons (Fsp3) is 0.471. The molecule has 7 heteroatoms. The summed E-state index contributed by atoms with van der Waals surface area (Å²) in [6.07, 6.45) is 2.58. The van der Waals surface area contributed by atoms with Gasteiger partial charge in [-0.3, -0.25) is 4.79 Å². The Hall–Kier alpha value is -2.31. The van der Waals surface area contributed by atoms with Gasteiger partial charge in [0, 0.05) is 12.1 Å². The highest BCUT2D eigenvalue weighted by atomic mass is 19.3. The number of rotatable bonds is 3. The van der Waals surface area contributed by atoms with Crippen molar-refractivity contribution in [2.24, 2.45) is 5.92 Å². The fourth-order valence-corrected chi connectivity index (χ4v) is 3.09. The molecule has 0 saturated heterocycles. The van der Waals surface area contributed by atoms with Gasteiger partial charge in [-0.15, -0.1) is 0 Å². The summed E-state index contributed by atoms with van der Waals surface area (Å²) in [6, 6.07) is 5.29. The molecule has 1 aliphatic rings. The molecule has 128 valence electrons. The van der Waals surface area contributed by atoms with Gasteiger partial charge in [0.1, 0.15) is 5.92 Å².